The molecule has 1 aliphatic rings. The molecular formula is C14H18ClN. The molecule has 0 amide bonds. The highest BCUT2D eigenvalue weighted by molar-refractivity contribution is 5.85. The van der Waals surface area contributed by atoms with Gasteiger partial charge in [0, 0.05) is 5.41 Å². The Morgan fingerprint density at radius 1 is 1.06 bits per heavy atom. The van der Waals surface area contributed by atoms with E-state index in [4.69, 9.17) is 5.73 Å². The van der Waals surface area contributed by atoms with Crippen molar-refractivity contribution in [3.05, 3.63) is 60.2 Å². The Morgan fingerprint density at radius 3 is 2.25 bits per heavy atom. The molecule has 2 rings (SSSR count). The molecule has 0 heterocycles. The summed E-state index contributed by atoms with van der Waals surface area (Å²) in [5.74, 6) is 0. The summed E-state index contributed by atoms with van der Waals surface area (Å²) < 4.78 is 0. The maximum Gasteiger partial charge on any atom is 0.0324 e. The minimum absolute atomic E-state index is 0. The van der Waals surface area contributed by atoms with Crippen LogP contribution in [-0.4, -0.2) is 6.54 Å². The number of nitrogens with two attached hydrogens (primary N) is 1. The zero-order chi connectivity index (χ0) is 10.6. The second kappa shape index (κ2) is 5.88. The Morgan fingerprint density at radius 2 is 1.69 bits per heavy atom. The summed E-state index contributed by atoms with van der Waals surface area (Å²) in [4.78, 5) is 0. The Hall–Kier alpha value is -1.05. The van der Waals surface area contributed by atoms with Crippen molar-refractivity contribution in [3.8, 4) is 0 Å². The maximum atomic E-state index is 5.71. The topological polar surface area (TPSA) is 26.0 Å². The third kappa shape index (κ3) is 2.55. The molecule has 0 radical (unpaired) electrons. The van der Waals surface area contributed by atoms with E-state index in [0.717, 1.165) is 12.8 Å². The first-order chi connectivity index (χ1) is 7.37. The molecule has 0 bridgehead atoms. The van der Waals surface area contributed by atoms with E-state index in [1.807, 2.05) is 0 Å². The molecule has 1 aliphatic carbocycles. The summed E-state index contributed by atoms with van der Waals surface area (Å²) in [6, 6.07) is 10.6. The lowest BCUT2D eigenvalue weighted by Gasteiger charge is -2.29. The molecule has 1 aromatic rings. The number of benzene rings is 1. The smallest absolute Gasteiger partial charge is 0.0324 e. The fourth-order valence-electron chi connectivity index (χ4n) is 2.18. The minimum atomic E-state index is 0. The van der Waals surface area contributed by atoms with Crippen molar-refractivity contribution in [2.45, 2.75) is 18.3 Å². The van der Waals surface area contributed by atoms with Crippen LogP contribution in [0.4, 0.5) is 0 Å². The third-order valence-electron chi connectivity index (χ3n) is 2.97. The monoisotopic (exact) mass is 235 g/mol. The van der Waals surface area contributed by atoms with Crippen LogP contribution < -0.4 is 5.73 Å². The normalized spacial score (nSPS) is 16.8. The summed E-state index contributed by atoms with van der Waals surface area (Å²) in [6.45, 7) is 0.712. The van der Waals surface area contributed by atoms with Gasteiger partial charge in [-0.1, -0.05) is 54.6 Å². The second-order valence-electron chi connectivity index (χ2n) is 3.99. The molecule has 0 fully saturated rings. The zero-order valence-electron chi connectivity index (χ0n) is 9.30. The first kappa shape index (κ1) is 13.0. The largest absolute Gasteiger partial charge is 0.330 e. The summed E-state index contributed by atoms with van der Waals surface area (Å²) in [5.41, 5.74) is 7.09. The highest BCUT2D eigenvalue weighted by Gasteiger charge is 2.26. The van der Waals surface area contributed by atoms with Gasteiger partial charge in [0.15, 0.2) is 0 Å². The molecule has 0 unspecified atom stereocenters. The molecular weight excluding hydrogens is 218 g/mol. The molecule has 0 aromatic heterocycles. The van der Waals surface area contributed by atoms with Crippen molar-refractivity contribution in [2.75, 3.05) is 6.54 Å². The van der Waals surface area contributed by atoms with Gasteiger partial charge in [0.25, 0.3) is 0 Å². The number of rotatable bonds is 3. The number of hydrogen-bond acceptors (Lipinski definition) is 1. The van der Waals surface area contributed by atoms with Crippen LogP contribution >= 0.6 is 12.4 Å². The van der Waals surface area contributed by atoms with Crippen molar-refractivity contribution >= 4 is 12.4 Å². The summed E-state index contributed by atoms with van der Waals surface area (Å²) in [5, 5.41) is 0. The number of allylic oxidation sites excluding steroid dienone is 4. The van der Waals surface area contributed by atoms with Crippen LogP contribution in [0.3, 0.4) is 0 Å². The zero-order valence-corrected chi connectivity index (χ0v) is 10.1. The van der Waals surface area contributed by atoms with Crippen LogP contribution in [-0.2, 0) is 5.41 Å². The lowest BCUT2D eigenvalue weighted by atomic mass is 9.75. The first-order valence-electron chi connectivity index (χ1n) is 5.48. The van der Waals surface area contributed by atoms with E-state index in [0.29, 0.717) is 6.54 Å². The van der Waals surface area contributed by atoms with Crippen LogP contribution in [0.25, 0.3) is 0 Å². The molecule has 0 saturated carbocycles. The van der Waals surface area contributed by atoms with Gasteiger partial charge in [0.1, 0.15) is 0 Å². The highest BCUT2D eigenvalue weighted by Crippen LogP contribution is 2.33. The fourth-order valence-corrected chi connectivity index (χ4v) is 2.18. The quantitative estimate of drug-likeness (QED) is 0.800. The van der Waals surface area contributed by atoms with E-state index < -0.39 is 0 Å². The molecule has 2 N–H and O–H groups in total. The van der Waals surface area contributed by atoms with E-state index in [1.165, 1.54) is 5.56 Å². The maximum absolute atomic E-state index is 5.71. The van der Waals surface area contributed by atoms with Crippen molar-refractivity contribution in [3.63, 3.8) is 0 Å². The predicted molar refractivity (Wildman–Crippen MR) is 71.9 cm³/mol. The van der Waals surface area contributed by atoms with E-state index in [-0.39, 0.29) is 17.8 Å². The van der Waals surface area contributed by atoms with Crippen molar-refractivity contribution in [2.24, 2.45) is 5.73 Å². The SMILES string of the molecule is Cl.NCCC1(c2ccccc2)C=CCC=C1. The van der Waals surface area contributed by atoms with Gasteiger partial charge in [0.05, 0.1) is 0 Å². The van der Waals surface area contributed by atoms with E-state index in [1.54, 1.807) is 0 Å². The summed E-state index contributed by atoms with van der Waals surface area (Å²) in [7, 11) is 0. The van der Waals surface area contributed by atoms with E-state index in [9.17, 15) is 0 Å². The lowest BCUT2D eigenvalue weighted by molar-refractivity contribution is 0.602. The standard InChI is InChI=1S/C14H17N.ClH/c15-12-11-14(9-5-2-6-10-14)13-7-3-1-4-8-13;/h1,3-10H,2,11-12,15H2;1H. The molecule has 2 heteroatoms. The number of halogens is 1. The van der Waals surface area contributed by atoms with Crippen molar-refractivity contribution in [1.29, 1.82) is 0 Å². The van der Waals surface area contributed by atoms with Gasteiger partial charge >= 0.3 is 0 Å². The van der Waals surface area contributed by atoms with Crippen LogP contribution in [0.15, 0.2) is 54.6 Å². The summed E-state index contributed by atoms with van der Waals surface area (Å²) in [6.07, 6.45) is 11.0. The van der Waals surface area contributed by atoms with Crippen LogP contribution in [0.5, 0.6) is 0 Å². The average Bonchev–Trinajstić information content (AvgIpc) is 2.32. The summed E-state index contributed by atoms with van der Waals surface area (Å²) >= 11 is 0. The van der Waals surface area contributed by atoms with Crippen LogP contribution in [0.1, 0.15) is 18.4 Å². The minimum Gasteiger partial charge on any atom is -0.330 e. The van der Waals surface area contributed by atoms with Gasteiger partial charge in [0.2, 0.25) is 0 Å². The molecule has 0 atom stereocenters. The van der Waals surface area contributed by atoms with E-state index in [2.05, 4.69) is 54.6 Å². The molecule has 0 aliphatic heterocycles. The van der Waals surface area contributed by atoms with Crippen molar-refractivity contribution in [1.82, 2.24) is 0 Å². The van der Waals surface area contributed by atoms with Gasteiger partial charge in [-0.05, 0) is 24.9 Å². The predicted octanol–water partition coefficient (Wildman–Crippen LogP) is 3.21. The Bertz CT molecular complexity index is 356. The average molecular weight is 236 g/mol. The fraction of sp³-hybridized carbons (Fsp3) is 0.286. The molecule has 1 aromatic carbocycles. The van der Waals surface area contributed by atoms with E-state index >= 15 is 0 Å². The van der Waals surface area contributed by atoms with Crippen molar-refractivity contribution < 1.29 is 0 Å². The lowest BCUT2D eigenvalue weighted by Crippen LogP contribution is -2.25. The van der Waals surface area contributed by atoms with Gasteiger partial charge < -0.3 is 5.73 Å². The number of hydrogen-bond donors (Lipinski definition) is 1. The van der Waals surface area contributed by atoms with Gasteiger partial charge in [-0.15, -0.1) is 12.4 Å². The van der Waals surface area contributed by atoms with Crippen LogP contribution in [0.2, 0.25) is 0 Å². The van der Waals surface area contributed by atoms with Gasteiger partial charge in [-0.3, -0.25) is 0 Å². The molecule has 0 spiro atoms. The second-order valence-corrected chi connectivity index (χ2v) is 3.99. The molecule has 0 saturated heterocycles. The third-order valence-corrected chi connectivity index (χ3v) is 2.97. The van der Waals surface area contributed by atoms with Gasteiger partial charge in [-0.25, -0.2) is 0 Å². The Labute approximate surface area is 103 Å². The molecule has 1 nitrogen and oxygen atoms in total. The Kier molecular flexibility index (Phi) is 4.78. The highest BCUT2D eigenvalue weighted by atomic mass is 35.5. The first-order valence-corrected chi connectivity index (χ1v) is 5.48. The Balaban J connectivity index is 0.00000128. The van der Waals surface area contributed by atoms with Crippen LogP contribution in [0, 0.1) is 0 Å². The molecule has 86 valence electrons. The van der Waals surface area contributed by atoms with Gasteiger partial charge in [-0.2, -0.15) is 0 Å². The molecule has 16 heavy (non-hydrogen) atoms.